The molecule has 1 aliphatic heterocycles. The molecule has 9 nitrogen and oxygen atoms in total. The van der Waals surface area contributed by atoms with Gasteiger partial charge in [0.2, 0.25) is 0 Å². The van der Waals surface area contributed by atoms with Gasteiger partial charge in [-0.3, -0.25) is 9.48 Å². The molecule has 0 aromatic carbocycles. The molecule has 1 amide bonds. The van der Waals surface area contributed by atoms with Gasteiger partial charge in [-0.05, 0) is 39.0 Å². The third kappa shape index (κ3) is 5.52. The van der Waals surface area contributed by atoms with Crippen LogP contribution in [-0.2, 0) is 35.3 Å². The van der Waals surface area contributed by atoms with Gasteiger partial charge in [-0.15, -0.1) is 0 Å². The van der Waals surface area contributed by atoms with Crippen LogP contribution in [0.5, 0.6) is 0 Å². The first-order valence-corrected chi connectivity index (χ1v) is 11.1. The zero-order valence-electron chi connectivity index (χ0n) is 18.7. The topological polar surface area (TPSA) is 108 Å². The minimum Gasteiger partial charge on any atom is -0.462 e. The van der Waals surface area contributed by atoms with Gasteiger partial charge in [0.15, 0.2) is 0 Å². The summed E-state index contributed by atoms with van der Waals surface area (Å²) >= 11 is 0. The molecule has 0 radical (unpaired) electrons. The third-order valence-corrected chi connectivity index (χ3v) is 5.37. The average molecular weight is 433 g/mol. The number of aryl methyl sites for hydroxylation is 4. The van der Waals surface area contributed by atoms with Crippen molar-refractivity contribution in [3.8, 4) is 0 Å². The fourth-order valence-electron chi connectivity index (χ4n) is 3.78. The van der Waals surface area contributed by atoms with E-state index in [9.17, 15) is 9.59 Å². The zero-order chi connectivity index (χ0) is 22.2. The Morgan fingerprint density at radius 3 is 2.74 bits per heavy atom. The van der Waals surface area contributed by atoms with E-state index < -0.39 is 5.97 Å². The maximum atomic E-state index is 12.8. The summed E-state index contributed by atoms with van der Waals surface area (Å²) in [6.07, 6.45) is 4.22. The first-order valence-electron chi connectivity index (χ1n) is 11.1. The number of hydrogen-bond acceptors (Lipinski definition) is 7. The lowest BCUT2D eigenvalue weighted by Crippen LogP contribution is -2.26. The van der Waals surface area contributed by atoms with E-state index in [4.69, 9.17) is 14.0 Å². The molecule has 1 aliphatic rings. The molecule has 0 saturated carbocycles. The molecule has 2 aromatic rings. The van der Waals surface area contributed by atoms with Crippen molar-refractivity contribution in [1.82, 2.24) is 20.3 Å². The minimum atomic E-state index is -0.416. The van der Waals surface area contributed by atoms with Crippen LogP contribution in [0.2, 0.25) is 0 Å². The van der Waals surface area contributed by atoms with E-state index in [-0.39, 0.29) is 12.5 Å². The van der Waals surface area contributed by atoms with Crippen LogP contribution in [0.3, 0.4) is 0 Å². The van der Waals surface area contributed by atoms with Gasteiger partial charge < -0.3 is 19.3 Å². The number of carbonyl (C=O) groups is 2. The average Bonchev–Trinajstić information content (AvgIpc) is 3.31. The highest BCUT2D eigenvalue weighted by atomic mass is 16.5. The molecule has 3 rings (SSSR count). The van der Waals surface area contributed by atoms with Crippen molar-refractivity contribution < 1.29 is 23.6 Å². The van der Waals surface area contributed by atoms with Crippen LogP contribution < -0.4 is 5.32 Å². The summed E-state index contributed by atoms with van der Waals surface area (Å²) < 4.78 is 18.1. The van der Waals surface area contributed by atoms with Crippen LogP contribution in [0, 0.1) is 6.92 Å². The van der Waals surface area contributed by atoms with E-state index in [1.54, 1.807) is 6.92 Å². The summed E-state index contributed by atoms with van der Waals surface area (Å²) in [7, 11) is 0. The molecule has 31 heavy (non-hydrogen) atoms. The molecular formula is C22H32N4O5. The number of hydrogen-bond donors (Lipinski definition) is 1. The van der Waals surface area contributed by atoms with E-state index in [2.05, 4.69) is 15.6 Å². The number of ether oxygens (including phenoxy) is 2. The van der Waals surface area contributed by atoms with E-state index in [1.165, 1.54) is 0 Å². The van der Waals surface area contributed by atoms with Crippen LogP contribution in [0.25, 0.3) is 0 Å². The first-order chi connectivity index (χ1) is 15.1. The second-order valence-corrected chi connectivity index (χ2v) is 7.57. The van der Waals surface area contributed by atoms with Gasteiger partial charge in [-0.25, -0.2) is 4.79 Å². The van der Waals surface area contributed by atoms with Crippen molar-refractivity contribution in [2.45, 2.75) is 65.8 Å². The monoisotopic (exact) mass is 432 g/mol. The van der Waals surface area contributed by atoms with Crippen molar-refractivity contribution in [1.29, 1.82) is 0 Å². The molecule has 0 bridgehead atoms. The molecule has 0 atom stereocenters. The lowest BCUT2D eigenvalue weighted by molar-refractivity contribution is 0.0491. The van der Waals surface area contributed by atoms with Gasteiger partial charge in [-0.1, -0.05) is 19.0 Å². The normalized spacial score (nSPS) is 15.1. The van der Waals surface area contributed by atoms with Gasteiger partial charge in [0.1, 0.15) is 11.3 Å². The molecule has 0 aliphatic carbocycles. The molecule has 1 N–H and O–H groups in total. The van der Waals surface area contributed by atoms with E-state index in [1.807, 2.05) is 18.5 Å². The second kappa shape index (κ2) is 11.1. The Kier molecular flexibility index (Phi) is 8.22. The number of fused-ring (bicyclic) bond motifs is 1. The van der Waals surface area contributed by atoms with Crippen molar-refractivity contribution in [2.75, 3.05) is 26.4 Å². The standard InChI is InChI=1S/C22H32N4O5/c1-4-16-20-18(9-6-12-29-13-7-10-23-21(20)27)26(24-16)11-8-14-30-22(28)19-15(3)31-25-17(19)5-2/h4-14H2,1-3H3,(H,23,27). The second-order valence-electron chi connectivity index (χ2n) is 7.57. The molecule has 0 unspecified atom stereocenters. The fourth-order valence-corrected chi connectivity index (χ4v) is 3.78. The number of nitrogens with one attached hydrogen (secondary N) is 1. The Labute approximate surface area is 182 Å². The third-order valence-electron chi connectivity index (χ3n) is 5.37. The van der Waals surface area contributed by atoms with Crippen molar-refractivity contribution in [3.63, 3.8) is 0 Å². The summed E-state index contributed by atoms with van der Waals surface area (Å²) in [4.78, 5) is 25.2. The highest BCUT2D eigenvalue weighted by Gasteiger charge is 2.23. The lowest BCUT2D eigenvalue weighted by atomic mass is 10.1. The number of nitrogens with zero attached hydrogens (tertiary/aromatic N) is 3. The number of esters is 1. The Morgan fingerprint density at radius 1 is 1.19 bits per heavy atom. The van der Waals surface area contributed by atoms with Crippen LogP contribution in [0.1, 0.15) is 76.7 Å². The maximum absolute atomic E-state index is 12.8. The summed E-state index contributed by atoms with van der Waals surface area (Å²) in [5.41, 5.74) is 3.44. The molecule has 9 heteroatoms. The van der Waals surface area contributed by atoms with Crippen molar-refractivity contribution >= 4 is 11.9 Å². The van der Waals surface area contributed by atoms with Crippen LogP contribution in [-0.4, -0.2) is 53.2 Å². The van der Waals surface area contributed by atoms with Gasteiger partial charge in [0.25, 0.3) is 5.91 Å². The fraction of sp³-hybridized carbons (Fsp3) is 0.636. The molecule has 3 heterocycles. The lowest BCUT2D eigenvalue weighted by Gasteiger charge is -2.10. The Morgan fingerprint density at radius 2 is 1.97 bits per heavy atom. The van der Waals surface area contributed by atoms with E-state index >= 15 is 0 Å². The molecule has 2 aromatic heterocycles. The first kappa shape index (κ1) is 23.0. The quantitative estimate of drug-likeness (QED) is 0.529. The van der Waals surface area contributed by atoms with E-state index in [0.29, 0.717) is 68.1 Å². The Balaban J connectivity index is 1.66. The zero-order valence-corrected chi connectivity index (χ0v) is 18.7. The van der Waals surface area contributed by atoms with E-state index in [0.717, 1.165) is 30.7 Å². The Bertz CT molecular complexity index is 902. The maximum Gasteiger partial charge on any atom is 0.343 e. The molecule has 170 valence electrons. The summed E-state index contributed by atoms with van der Waals surface area (Å²) in [5.74, 6) is -0.0124. The molecule has 0 fully saturated rings. The number of aromatic nitrogens is 3. The predicted molar refractivity (Wildman–Crippen MR) is 113 cm³/mol. The van der Waals surface area contributed by atoms with Gasteiger partial charge >= 0.3 is 5.97 Å². The highest BCUT2D eigenvalue weighted by Crippen LogP contribution is 2.19. The highest BCUT2D eigenvalue weighted by molar-refractivity contribution is 5.96. The number of amides is 1. The minimum absolute atomic E-state index is 0.0681. The summed E-state index contributed by atoms with van der Waals surface area (Å²) in [6.45, 7) is 8.34. The predicted octanol–water partition coefficient (Wildman–Crippen LogP) is 2.63. The van der Waals surface area contributed by atoms with Crippen LogP contribution in [0.15, 0.2) is 4.52 Å². The number of carbonyl (C=O) groups excluding carboxylic acids is 2. The smallest absolute Gasteiger partial charge is 0.343 e. The summed E-state index contributed by atoms with van der Waals surface area (Å²) in [6, 6.07) is 0. The van der Waals surface area contributed by atoms with Gasteiger partial charge in [-0.2, -0.15) is 5.10 Å². The molecular weight excluding hydrogens is 400 g/mol. The van der Waals surface area contributed by atoms with Crippen molar-refractivity contribution in [3.05, 3.63) is 34.0 Å². The molecule has 0 spiro atoms. The van der Waals surface area contributed by atoms with Gasteiger partial charge in [0, 0.05) is 32.7 Å². The van der Waals surface area contributed by atoms with Crippen LogP contribution in [0.4, 0.5) is 0 Å². The largest absolute Gasteiger partial charge is 0.462 e. The number of rotatable bonds is 7. The Hall–Kier alpha value is -2.68. The summed E-state index contributed by atoms with van der Waals surface area (Å²) in [5, 5.41) is 11.6. The molecule has 0 saturated heterocycles. The van der Waals surface area contributed by atoms with Gasteiger partial charge in [0.05, 0.1) is 29.3 Å². The SMILES string of the molecule is CCc1noc(C)c1C(=O)OCCCn1nc(CC)c2c1CCCOCCCNC2=O. The van der Waals surface area contributed by atoms with Crippen molar-refractivity contribution in [2.24, 2.45) is 0 Å². The van der Waals surface area contributed by atoms with Crippen LogP contribution >= 0.6 is 0 Å².